The molecule has 1 amide bonds. The second-order valence-corrected chi connectivity index (χ2v) is 6.35. The molecule has 1 aromatic heterocycles. The van der Waals surface area contributed by atoms with Crippen molar-refractivity contribution in [3.63, 3.8) is 0 Å². The van der Waals surface area contributed by atoms with E-state index in [1.54, 1.807) is 0 Å². The van der Waals surface area contributed by atoms with Crippen LogP contribution < -0.4 is 10.1 Å². The molecule has 5 nitrogen and oxygen atoms in total. The molecule has 2 aromatic rings. The Hall–Kier alpha value is -2.30. The van der Waals surface area contributed by atoms with Crippen LogP contribution in [0.5, 0.6) is 5.75 Å². The number of aromatic nitrogens is 2. The molecular weight excluding hydrogens is 302 g/mol. The molecule has 24 heavy (non-hydrogen) atoms. The predicted molar refractivity (Wildman–Crippen MR) is 95.2 cm³/mol. The smallest absolute Gasteiger partial charge is 0.261 e. The molecule has 0 fully saturated rings. The van der Waals surface area contributed by atoms with Crippen molar-refractivity contribution in [3.05, 3.63) is 47.3 Å². The van der Waals surface area contributed by atoms with Gasteiger partial charge in [0.25, 0.3) is 5.91 Å². The molecule has 1 N–H and O–H groups in total. The maximum absolute atomic E-state index is 12.5. The van der Waals surface area contributed by atoms with Crippen molar-refractivity contribution in [1.29, 1.82) is 0 Å². The van der Waals surface area contributed by atoms with Crippen LogP contribution >= 0.6 is 0 Å². The maximum Gasteiger partial charge on any atom is 0.261 e. The third-order valence-electron chi connectivity index (χ3n) is 3.90. The Morgan fingerprint density at radius 1 is 1.25 bits per heavy atom. The normalized spacial score (nSPS) is 13.4. The van der Waals surface area contributed by atoms with Gasteiger partial charge in [-0.1, -0.05) is 24.6 Å². The first kappa shape index (κ1) is 18.0. The second kappa shape index (κ2) is 7.99. The number of rotatable bonds is 7. The van der Waals surface area contributed by atoms with E-state index in [2.05, 4.69) is 10.4 Å². The van der Waals surface area contributed by atoms with Crippen LogP contribution in [0.2, 0.25) is 0 Å². The van der Waals surface area contributed by atoms with E-state index in [0.29, 0.717) is 18.7 Å². The van der Waals surface area contributed by atoms with Crippen LogP contribution in [0.25, 0.3) is 0 Å². The van der Waals surface area contributed by atoms with Crippen molar-refractivity contribution in [2.45, 2.75) is 59.7 Å². The second-order valence-electron chi connectivity index (χ2n) is 6.35. The fourth-order valence-corrected chi connectivity index (χ4v) is 2.60. The SMILES string of the molecule is CC[C@H](Oc1ccc(C)cc1)C(=O)N[C@@H](C)Cn1nc(C)cc1C. The van der Waals surface area contributed by atoms with E-state index in [1.165, 1.54) is 5.56 Å². The summed E-state index contributed by atoms with van der Waals surface area (Å²) in [6.45, 7) is 10.6. The molecule has 0 spiro atoms. The summed E-state index contributed by atoms with van der Waals surface area (Å²) >= 11 is 0. The van der Waals surface area contributed by atoms with Gasteiger partial charge in [0.15, 0.2) is 6.10 Å². The number of amides is 1. The third-order valence-corrected chi connectivity index (χ3v) is 3.90. The van der Waals surface area contributed by atoms with Crippen LogP contribution in [-0.4, -0.2) is 27.8 Å². The maximum atomic E-state index is 12.5. The van der Waals surface area contributed by atoms with Gasteiger partial charge in [-0.25, -0.2) is 0 Å². The number of nitrogens with one attached hydrogen (secondary N) is 1. The van der Waals surface area contributed by atoms with Crippen LogP contribution in [0.4, 0.5) is 0 Å². The van der Waals surface area contributed by atoms with Crippen LogP contribution in [0.3, 0.4) is 0 Å². The predicted octanol–water partition coefficient (Wildman–Crippen LogP) is 3.17. The first-order valence-electron chi connectivity index (χ1n) is 8.43. The van der Waals surface area contributed by atoms with E-state index in [1.807, 2.05) is 69.6 Å². The minimum absolute atomic E-state index is 0.0221. The number of hydrogen-bond donors (Lipinski definition) is 1. The molecule has 1 aromatic carbocycles. The zero-order valence-electron chi connectivity index (χ0n) is 15.2. The minimum Gasteiger partial charge on any atom is -0.481 e. The van der Waals surface area contributed by atoms with Crippen molar-refractivity contribution in [3.8, 4) is 5.75 Å². The molecule has 1 heterocycles. The average molecular weight is 329 g/mol. The first-order chi connectivity index (χ1) is 11.4. The van der Waals surface area contributed by atoms with Crippen LogP contribution in [0, 0.1) is 20.8 Å². The van der Waals surface area contributed by atoms with Gasteiger partial charge >= 0.3 is 0 Å². The molecule has 0 bridgehead atoms. The van der Waals surface area contributed by atoms with Gasteiger partial charge in [0.2, 0.25) is 0 Å². The minimum atomic E-state index is -0.490. The van der Waals surface area contributed by atoms with Crippen LogP contribution in [0.15, 0.2) is 30.3 Å². The Morgan fingerprint density at radius 2 is 1.92 bits per heavy atom. The fraction of sp³-hybridized carbons (Fsp3) is 0.474. The largest absolute Gasteiger partial charge is 0.481 e. The number of nitrogens with zero attached hydrogens (tertiary/aromatic N) is 2. The highest BCUT2D eigenvalue weighted by Crippen LogP contribution is 2.15. The number of hydrogen-bond acceptors (Lipinski definition) is 3. The molecular formula is C19H27N3O2. The summed E-state index contributed by atoms with van der Waals surface area (Å²) in [5.41, 5.74) is 3.25. The average Bonchev–Trinajstić information content (AvgIpc) is 2.83. The molecule has 0 aliphatic carbocycles. The Balaban J connectivity index is 1.93. The van der Waals surface area contributed by atoms with Gasteiger partial charge in [-0.15, -0.1) is 0 Å². The molecule has 0 unspecified atom stereocenters. The summed E-state index contributed by atoms with van der Waals surface area (Å²) in [6.07, 6.45) is 0.127. The molecule has 0 aliphatic heterocycles. The molecule has 0 saturated heterocycles. The molecule has 130 valence electrons. The van der Waals surface area contributed by atoms with E-state index in [9.17, 15) is 4.79 Å². The lowest BCUT2D eigenvalue weighted by Gasteiger charge is -2.21. The number of benzene rings is 1. The highest BCUT2D eigenvalue weighted by Gasteiger charge is 2.20. The Kier molecular flexibility index (Phi) is 6.01. The van der Waals surface area contributed by atoms with Crippen LogP contribution in [0.1, 0.15) is 37.2 Å². The standard InChI is InChI=1S/C19H27N3O2/c1-6-18(24-17-9-7-13(2)8-10-17)19(23)20-15(4)12-22-16(5)11-14(3)21-22/h7-11,15,18H,6,12H2,1-5H3,(H,20,23)/t15-,18-/m0/s1. The van der Waals surface area contributed by atoms with E-state index in [4.69, 9.17) is 4.74 Å². The lowest BCUT2D eigenvalue weighted by Crippen LogP contribution is -2.44. The lowest BCUT2D eigenvalue weighted by molar-refractivity contribution is -0.128. The van der Waals surface area contributed by atoms with E-state index < -0.39 is 6.10 Å². The zero-order valence-corrected chi connectivity index (χ0v) is 15.2. The van der Waals surface area contributed by atoms with Crippen molar-refractivity contribution in [1.82, 2.24) is 15.1 Å². The summed E-state index contributed by atoms with van der Waals surface area (Å²) < 4.78 is 7.74. The van der Waals surface area contributed by atoms with E-state index in [-0.39, 0.29) is 11.9 Å². The van der Waals surface area contributed by atoms with Gasteiger partial charge in [0.05, 0.1) is 12.2 Å². The number of carbonyl (C=O) groups is 1. The van der Waals surface area contributed by atoms with E-state index in [0.717, 1.165) is 11.4 Å². The van der Waals surface area contributed by atoms with Gasteiger partial charge in [-0.3, -0.25) is 9.48 Å². The third kappa shape index (κ3) is 4.85. The van der Waals surface area contributed by atoms with Gasteiger partial charge in [-0.05, 0) is 52.3 Å². The summed E-state index contributed by atoms with van der Waals surface area (Å²) in [5, 5.41) is 7.46. The van der Waals surface area contributed by atoms with Gasteiger partial charge in [-0.2, -0.15) is 5.10 Å². The van der Waals surface area contributed by atoms with Gasteiger partial charge in [0.1, 0.15) is 5.75 Å². The molecule has 2 atom stereocenters. The molecule has 5 heteroatoms. The number of ether oxygens (including phenoxy) is 1. The molecule has 2 rings (SSSR count). The van der Waals surface area contributed by atoms with Crippen molar-refractivity contribution >= 4 is 5.91 Å². The van der Waals surface area contributed by atoms with Crippen molar-refractivity contribution in [2.75, 3.05) is 0 Å². The lowest BCUT2D eigenvalue weighted by atomic mass is 10.2. The fourth-order valence-electron chi connectivity index (χ4n) is 2.60. The number of carbonyl (C=O) groups excluding carboxylic acids is 1. The summed E-state index contributed by atoms with van der Waals surface area (Å²) in [6, 6.07) is 9.75. The topological polar surface area (TPSA) is 56.1 Å². The van der Waals surface area contributed by atoms with Gasteiger partial charge < -0.3 is 10.1 Å². The molecule has 0 radical (unpaired) electrons. The first-order valence-corrected chi connectivity index (χ1v) is 8.43. The van der Waals surface area contributed by atoms with E-state index >= 15 is 0 Å². The highest BCUT2D eigenvalue weighted by molar-refractivity contribution is 5.81. The Bertz CT molecular complexity index is 676. The van der Waals surface area contributed by atoms with Crippen molar-refractivity contribution in [2.24, 2.45) is 0 Å². The quantitative estimate of drug-likeness (QED) is 0.849. The molecule has 0 aliphatic rings. The van der Waals surface area contributed by atoms with Crippen molar-refractivity contribution < 1.29 is 9.53 Å². The summed E-state index contributed by atoms with van der Waals surface area (Å²) in [5.74, 6) is 0.626. The molecule has 0 saturated carbocycles. The Morgan fingerprint density at radius 3 is 2.46 bits per heavy atom. The summed E-state index contributed by atoms with van der Waals surface area (Å²) in [4.78, 5) is 12.5. The zero-order chi connectivity index (χ0) is 17.7. The monoisotopic (exact) mass is 329 g/mol. The number of aryl methyl sites for hydroxylation is 3. The summed E-state index contributed by atoms with van der Waals surface area (Å²) in [7, 11) is 0. The van der Waals surface area contributed by atoms with Gasteiger partial charge in [0, 0.05) is 11.7 Å². The highest BCUT2D eigenvalue weighted by atomic mass is 16.5. The van der Waals surface area contributed by atoms with Crippen LogP contribution in [-0.2, 0) is 11.3 Å². The Labute approximate surface area is 144 Å².